The molecule has 226 valence electrons. The zero-order valence-electron chi connectivity index (χ0n) is 23.2. The Bertz CT molecular complexity index is 2000. The molecule has 0 saturated carbocycles. The van der Waals surface area contributed by atoms with Crippen LogP contribution >= 0.6 is 11.3 Å². The molecule has 0 fully saturated rings. The third-order valence-corrected chi connectivity index (χ3v) is 7.79. The van der Waals surface area contributed by atoms with Crippen molar-refractivity contribution < 1.29 is 23.2 Å². The fourth-order valence-corrected chi connectivity index (χ4v) is 5.84. The van der Waals surface area contributed by atoms with Gasteiger partial charge in [-0.2, -0.15) is 0 Å². The molecule has 0 bridgehead atoms. The summed E-state index contributed by atoms with van der Waals surface area (Å²) in [4.78, 5) is 52.3. The Balaban J connectivity index is 1.81. The second kappa shape index (κ2) is 12.1. The van der Waals surface area contributed by atoms with Gasteiger partial charge in [-0.3, -0.25) is 24.3 Å². The third-order valence-electron chi connectivity index (χ3n) is 6.48. The fraction of sp³-hybridized carbons (Fsp3) is 0.179. The van der Waals surface area contributed by atoms with Crippen LogP contribution in [0.3, 0.4) is 0 Å². The van der Waals surface area contributed by atoms with Crippen LogP contribution in [-0.2, 0) is 17.9 Å². The smallest absolute Gasteiger partial charge is 0.338 e. The number of amides is 1. The van der Waals surface area contributed by atoms with Crippen LogP contribution in [0.2, 0.25) is 0 Å². The molecule has 0 saturated heterocycles. The van der Waals surface area contributed by atoms with E-state index in [4.69, 9.17) is 10.5 Å². The number of hydrogen-bond acceptors (Lipinski definition) is 10. The number of thiophene rings is 1. The van der Waals surface area contributed by atoms with E-state index < -0.39 is 52.4 Å². The van der Waals surface area contributed by atoms with Gasteiger partial charge in [0.1, 0.15) is 16.5 Å². The van der Waals surface area contributed by atoms with Crippen LogP contribution in [0.1, 0.15) is 11.1 Å². The molecule has 2 N–H and O–H groups in total. The number of carbonyl (C=O) groups excluding carboxylic acids is 1. The molecule has 3 heterocycles. The first-order valence-corrected chi connectivity index (χ1v) is 13.7. The number of hydrogen-bond donors (Lipinski definition) is 1. The number of non-ortho nitro benzene ring substituents is 1. The van der Waals surface area contributed by atoms with E-state index >= 15 is 0 Å². The van der Waals surface area contributed by atoms with E-state index in [2.05, 4.69) is 10.2 Å². The summed E-state index contributed by atoms with van der Waals surface area (Å²) >= 11 is 1.04. The molecule has 16 heteroatoms. The molecule has 5 aromatic rings. The van der Waals surface area contributed by atoms with Crippen molar-refractivity contribution in [1.29, 1.82) is 0 Å². The number of fused-ring (bicyclic) bond motifs is 1. The van der Waals surface area contributed by atoms with Gasteiger partial charge in [0, 0.05) is 35.2 Å². The Labute approximate surface area is 250 Å². The molecule has 0 spiro atoms. The van der Waals surface area contributed by atoms with Crippen molar-refractivity contribution in [3.63, 3.8) is 0 Å². The predicted molar refractivity (Wildman–Crippen MR) is 157 cm³/mol. The summed E-state index contributed by atoms with van der Waals surface area (Å²) in [5.41, 5.74) is 3.85. The Hall–Kier alpha value is -5.35. The molecule has 2 aromatic carbocycles. The van der Waals surface area contributed by atoms with Crippen molar-refractivity contribution in [2.24, 2.45) is 5.73 Å². The van der Waals surface area contributed by atoms with E-state index in [1.807, 2.05) is 0 Å². The molecule has 0 radical (unpaired) electrons. The average molecular weight is 624 g/mol. The minimum atomic E-state index is -0.946. The SMILES string of the molecule is CN(C)Cc1c(-c2ccc([N+](=O)[O-])cc2)sc2c1c(=O)n(-c1ccc(OCC(N)=O)nn1)c(=O)n2Cc1c(F)cccc1F. The Morgan fingerprint density at radius 3 is 2.30 bits per heavy atom. The van der Waals surface area contributed by atoms with E-state index in [-0.39, 0.29) is 34.1 Å². The number of aromatic nitrogens is 4. The van der Waals surface area contributed by atoms with Gasteiger partial charge in [-0.25, -0.2) is 18.1 Å². The lowest BCUT2D eigenvalue weighted by molar-refractivity contribution is -0.384. The number of ether oxygens (including phenoxy) is 1. The van der Waals surface area contributed by atoms with Gasteiger partial charge in [0.05, 0.1) is 16.9 Å². The van der Waals surface area contributed by atoms with Gasteiger partial charge >= 0.3 is 5.69 Å². The number of nitrogens with two attached hydrogens (primary N) is 1. The number of carbonyl (C=O) groups is 1. The second-order valence-corrected chi connectivity index (χ2v) is 10.8. The Morgan fingerprint density at radius 2 is 1.73 bits per heavy atom. The quantitative estimate of drug-likeness (QED) is 0.182. The summed E-state index contributed by atoms with van der Waals surface area (Å²) in [6.45, 7) is -0.836. The number of nitro groups is 1. The normalized spacial score (nSPS) is 11.3. The molecule has 0 aliphatic carbocycles. The number of nitrogens with zero attached hydrogens (tertiary/aromatic N) is 6. The van der Waals surface area contributed by atoms with Crippen LogP contribution in [0.25, 0.3) is 26.5 Å². The molecule has 44 heavy (non-hydrogen) atoms. The molecule has 0 aliphatic rings. The Kier molecular flexibility index (Phi) is 8.28. The Morgan fingerprint density at radius 1 is 1.05 bits per heavy atom. The lowest BCUT2D eigenvalue weighted by atomic mass is 10.1. The summed E-state index contributed by atoms with van der Waals surface area (Å²) in [6.07, 6.45) is 0. The maximum atomic E-state index is 14.8. The minimum Gasteiger partial charge on any atom is -0.467 e. The number of nitro benzene ring substituents is 1. The largest absolute Gasteiger partial charge is 0.467 e. The van der Waals surface area contributed by atoms with Crippen molar-refractivity contribution >= 4 is 33.1 Å². The lowest BCUT2D eigenvalue weighted by Crippen LogP contribution is -2.39. The highest BCUT2D eigenvalue weighted by molar-refractivity contribution is 7.22. The average Bonchev–Trinajstić information content (AvgIpc) is 3.34. The maximum Gasteiger partial charge on any atom is 0.338 e. The second-order valence-electron chi connectivity index (χ2n) is 9.83. The van der Waals surface area contributed by atoms with E-state index in [1.54, 1.807) is 19.0 Å². The molecule has 0 unspecified atom stereocenters. The summed E-state index contributed by atoms with van der Waals surface area (Å²) in [5, 5.41) is 19.1. The third kappa shape index (κ3) is 5.80. The molecule has 0 atom stereocenters. The number of benzene rings is 2. The van der Waals surface area contributed by atoms with E-state index in [9.17, 15) is 33.3 Å². The van der Waals surface area contributed by atoms with Crippen molar-refractivity contribution in [3.05, 3.63) is 108 Å². The van der Waals surface area contributed by atoms with E-state index in [0.717, 1.165) is 32.6 Å². The summed E-state index contributed by atoms with van der Waals surface area (Å²) < 4.78 is 36.6. The monoisotopic (exact) mass is 623 g/mol. The summed E-state index contributed by atoms with van der Waals surface area (Å²) in [6, 6.07) is 11.5. The highest BCUT2D eigenvalue weighted by Gasteiger charge is 2.26. The molecule has 1 amide bonds. The summed E-state index contributed by atoms with van der Waals surface area (Å²) in [5.74, 6) is -2.84. The van der Waals surface area contributed by atoms with Crippen LogP contribution in [0, 0.1) is 21.7 Å². The molecule has 5 rings (SSSR count). The van der Waals surface area contributed by atoms with Crippen LogP contribution in [-0.4, -0.2) is 55.8 Å². The fourth-order valence-electron chi connectivity index (χ4n) is 4.54. The highest BCUT2D eigenvalue weighted by atomic mass is 32.1. The number of halogens is 2. The molecule has 3 aromatic heterocycles. The van der Waals surface area contributed by atoms with Crippen molar-refractivity contribution in [2.75, 3.05) is 20.7 Å². The molecular weight excluding hydrogens is 600 g/mol. The van der Waals surface area contributed by atoms with E-state index in [0.29, 0.717) is 16.0 Å². The molecule has 0 aliphatic heterocycles. The number of primary amides is 1. The van der Waals surface area contributed by atoms with Gasteiger partial charge in [0.25, 0.3) is 17.2 Å². The zero-order valence-corrected chi connectivity index (χ0v) is 24.0. The first-order valence-electron chi connectivity index (χ1n) is 12.8. The number of rotatable bonds is 10. The topological polar surface area (TPSA) is 168 Å². The van der Waals surface area contributed by atoms with Gasteiger partial charge in [0.2, 0.25) is 5.88 Å². The van der Waals surface area contributed by atoms with Gasteiger partial charge < -0.3 is 15.4 Å². The van der Waals surface area contributed by atoms with Crippen LogP contribution in [0.5, 0.6) is 5.88 Å². The minimum absolute atomic E-state index is 0.0873. The van der Waals surface area contributed by atoms with Crippen molar-refractivity contribution in [2.45, 2.75) is 13.1 Å². The van der Waals surface area contributed by atoms with Crippen LogP contribution in [0.4, 0.5) is 14.5 Å². The molecule has 13 nitrogen and oxygen atoms in total. The van der Waals surface area contributed by atoms with Crippen LogP contribution in [0.15, 0.2) is 64.2 Å². The zero-order chi connectivity index (χ0) is 31.7. The van der Waals surface area contributed by atoms with Gasteiger partial charge in [-0.05, 0) is 55.6 Å². The van der Waals surface area contributed by atoms with Gasteiger partial charge in [-0.15, -0.1) is 21.5 Å². The maximum absolute atomic E-state index is 14.8. The standard InChI is InChI=1S/C28H23F2N7O6S/c1-34(2)12-18-24-26(39)36(22-10-11-23(33-32-22)43-14-21(31)38)28(40)35(13-17-19(29)4-3-5-20(17)30)27(24)44-25(18)15-6-8-16(9-7-15)37(41)42/h3-11H,12-14H2,1-2H3,(H2,31,38). The predicted octanol–water partition coefficient (Wildman–Crippen LogP) is 2.83. The van der Waals surface area contributed by atoms with Gasteiger partial charge in [-0.1, -0.05) is 6.07 Å². The van der Waals surface area contributed by atoms with Crippen LogP contribution < -0.4 is 21.7 Å². The van der Waals surface area contributed by atoms with Crippen molar-refractivity contribution in [3.8, 4) is 22.1 Å². The van der Waals surface area contributed by atoms with E-state index in [1.165, 1.54) is 42.5 Å². The lowest BCUT2D eigenvalue weighted by Gasteiger charge is -2.14. The highest BCUT2D eigenvalue weighted by Crippen LogP contribution is 2.38. The van der Waals surface area contributed by atoms with Gasteiger partial charge in [0.15, 0.2) is 12.4 Å². The summed E-state index contributed by atoms with van der Waals surface area (Å²) in [7, 11) is 3.53. The van der Waals surface area contributed by atoms with Crippen molar-refractivity contribution in [1.82, 2.24) is 24.2 Å². The molecular formula is C28H23F2N7O6S. The first-order chi connectivity index (χ1) is 21.0. The first kappa shape index (κ1) is 30.1.